The number of morpholine rings is 1. The van der Waals surface area contributed by atoms with E-state index < -0.39 is 0 Å². The molecule has 24 heavy (non-hydrogen) atoms. The van der Waals surface area contributed by atoms with Crippen molar-refractivity contribution in [3.8, 4) is 0 Å². The van der Waals surface area contributed by atoms with Crippen LogP contribution in [0.15, 0.2) is 11.3 Å². The molecule has 4 heterocycles. The molecule has 1 aromatic rings. The van der Waals surface area contributed by atoms with E-state index in [1.165, 1.54) is 0 Å². The molecular weight excluding hydrogens is 312 g/mol. The van der Waals surface area contributed by atoms with Gasteiger partial charge in [-0.25, -0.2) is 4.68 Å². The summed E-state index contributed by atoms with van der Waals surface area (Å²) in [6.45, 7) is 5.73. The molecule has 0 unspecified atom stereocenters. The summed E-state index contributed by atoms with van der Waals surface area (Å²) in [6, 6.07) is 0. The Morgan fingerprint density at radius 3 is 2.79 bits per heavy atom. The molecule has 0 aromatic carbocycles. The summed E-state index contributed by atoms with van der Waals surface area (Å²) >= 11 is 0. The Bertz CT molecular complexity index is 719. The van der Waals surface area contributed by atoms with E-state index in [9.17, 15) is 9.59 Å². The monoisotopic (exact) mass is 332 g/mol. The van der Waals surface area contributed by atoms with Gasteiger partial charge in [0.1, 0.15) is 0 Å². The number of fused-ring (bicyclic) bond motifs is 1. The average molecular weight is 332 g/mol. The number of anilines is 2. The predicted molar refractivity (Wildman–Crippen MR) is 85.6 cm³/mol. The van der Waals surface area contributed by atoms with Crippen LogP contribution >= 0.6 is 0 Å². The minimum absolute atomic E-state index is 0.00621. The van der Waals surface area contributed by atoms with Gasteiger partial charge in [0, 0.05) is 26.1 Å². The van der Waals surface area contributed by atoms with Gasteiger partial charge in [0.05, 0.1) is 32.0 Å². The number of amides is 1. The Morgan fingerprint density at radius 1 is 1.25 bits per heavy atom. The molecule has 4 rings (SSSR count). The zero-order valence-corrected chi connectivity index (χ0v) is 13.6. The minimum atomic E-state index is -0.0692. The van der Waals surface area contributed by atoms with E-state index in [4.69, 9.17) is 4.74 Å². The maximum Gasteiger partial charge on any atom is 0.246 e. The van der Waals surface area contributed by atoms with Gasteiger partial charge in [0.25, 0.3) is 0 Å². The smallest absolute Gasteiger partial charge is 0.246 e. The number of aromatic nitrogens is 3. The molecule has 1 aromatic heterocycles. The van der Waals surface area contributed by atoms with Crippen molar-refractivity contribution in [2.24, 2.45) is 0 Å². The van der Waals surface area contributed by atoms with Crippen LogP contribution in [0, 0.1) is 0 Å². The highest BCUT2D eigenvalue weighted by Crippen LogP contribution is 2.26. The Kier molecular flexibility index (Phi) is 3.72. The molecule has 9 nitrogen and oxygen atoms in total. The number of ketones is 1. The molecule has 1 fully saturated rings. The van der Waals surface area contributed by atoms with Gasteiger partial charge in [0.15, 0.2) is 5.78 Å². The third-order valence-electron chi connectivity index (χ3n) is 4.54. The average Bonchev–Trinajstić information content (AvgIpc) is 3.03. The van der Waals surface area contributed by atoms with Crippen molar-refractivity contribution in [2.45, 2.75) is 19.9 Å². The standard InChI is InChI=1S/C15H20N6O3/c1-2-12(23)20-7-10-8-21-14(16-13(10)11(22)9-20)17-15(18-21)19-3-5-24-6-4-19/h2-9H2,1H3,(H,16,17,18). The number of Topliss-reactive ketones (excluding diaryl/α,β-unsaturated/α-hetero) is 1. The Morgan fingerprint density at radius 2 is 2.04 bits per heavy atom. The molecule has 0 radical (unpaired) electrons. The van der Waals surface area contributed by atoms with Gasteiger partial charge in [-0.3, -0.25) is 9.59 Å². The fourth-order valence-electron chi connectivity index (χ4n) is 3.22. The fourth-order valence-corrected chi connectivity index (χ4v) is 3.22. The first-order chi connectivity index (χ1) is 11.7. The number of ether oxygens (including phenoxy) is 1. The molecule has 3 aliphatic heterocycles. The first kappa shape index (κ1) is 15.1. The van der Waals surface area contributed by atoms with Crippen LogP contribution in [0.3, 0.4) is 0 Å². The van der Waals surface area contributed by atoms with Gasteiger partial charge in [-0.1, -0.05) is 6.92 Å². The van der Waals surface area contributed by atoms with Crippen molar-refractivity contribution in [1.82, 2.24) is 19.7 Å². The summed E-state index contributed by atoms with van der Waals surface area (Å²) in [6.07, 6.45) is 0.402. The second-order valence-electron chi connectivity index (χ2n) is 6.12. The van der Waals surface area contributed by atoms with E-state index in [2.05, 4.69) is 20.3 Å². The largest absolute Gasteiger partial charge is 0.378 e. The Balaban J connectivity index is 1.56. The van der Waals surface area contributed by atoms with E-state index in [0.29, 0.717) is 50.3 Å². The Labute approximate surface area is 139 Å². The van der Waals surface area contributed by atoms with E-state index in [1.807, 2.05) is 0 Å². The second kappa shape index (κ2) is 5.90. The van der Waals surface area contributed by atoms with Gasteiger partial charge < -0.3 is 19.9 Å². The van der Waals surface area contributed by atoms with Gasteiger partial charge in [-0.2, -0.15) is 4.98 Å². The fraction of sp³-hybridized carbons (Fsp3) is 0.600. The van der Waals surface area contributed by atoms with E-state index in [-0.39, 0.29) is 18.2 Å². The van der Waals surface area contributed by atoms with Crippen molar-refractivity contribution in [3.05, 3.63) is 11.3 Å². The number of carbonyl (C=O) groups excluding carboxylic acids is 2. The number of rotatable bonds is 2. The van der Waals surface area contributed by atoms with Crippen LogP contribution in [0.2, 0.25) is 0 Å². The lowest BCUT2D eigenvalue weighted by atomic mass is 10.0. The molecule has 0 atom stereocenters. The lowest BCUT2D eigenvalue weighted by Crippen LogP contribution is -2.45. The first-order valence-electron chi connectivity index (χ1n) is 8.23. The minimum Gasteiger partial charge on any atom is -0.378 e. The summed E-state index contributed by atoms with van der Waals surface area (Å²) in [4.78, 5) is 32.5. The zero-order valence-electron chi connectivity index (χ0n) is 13.6. The lowest BCUT2D eigenvalue weighted by molar-refractivity contribution is -0.134. The molecule has 1 N–H and O–H groups in total. The molecule has 0 spiro atoms. The van der Waals surface area contributed by atoms with Crippen LogP contribution in [0.5, 0.6) is 0 Å². The molecule has 0 saturated carbocycles. The van der Waals surface area contributed by atoms with Crippen LogP contribution in [-0.4, -0.2) is 70.7 Å². The summed E-state index contributed by atoms with van der Waals surface area (Å²) < 4.78 is 7.11. The van der Waals surface area contributed by atoms with Crippen LogP contribution in [0.25, 0.3) is 0 Å². The van der Waals surface area contributed by atoms with Crippen molar-refractivity contribution in [3.63, 3.8) is 0 Å². The molecule has 9 heteroatoms. The van der Waals surface area contributed by atoms with E-state index >= 15 is 0 Å². The normalized spacial score (nSPS) is 20.6. The van der Waals surface area contributed by atoms with Gasteiger partial charge in [-0.15, -0.1) is 5.10 Å². The van der Waals surface area contributed by atoms with Crippen molar-refractivity contribution in [2.75, 3.05) is 49.6 Å². The topological polar surface area (TPSA) is 92.6 Å². The maximum absolute atomic E-state index is 12.4. The van der Waals surface area contributed by atoms with Crippen molar-refractivity contribution >= 4 is 23.6 Å². The highest BCUT2D eigenvalue weighted by molar-refractivity contribution is 6.03. The Hall–Kier alpha value is -2.42. The van der Waals surface area contributed by atoms with Gasteiger partial charge >= 0.3 is 0 Å². The molecule has 1 saturated heterocycles. The number of carbonyl (C=O) groups is 2. The quantitative estimate of drug-likeness (QED) is 0.789. The lowest BCUT2D eigenvalue weighted by Gasteiger charge is -2.32. The first-order valence-corrected chi connectivity index (χ1v) is 8.23. The molecule has 1 amide bonds. The molecular formula is C15H20N6O3. The molecule has 0 bridgehead atoms. The van der Waals surface area contributed by atoms with Crippen LogP contribution in [0.4, 0.5) is 11.9 Å². The second-order valence-corrected chi connectivity index (χ2v) is 6.12. The molecule has 3 aliphatic rings. The van der Waals surface area contributed by atoms with Crippen LogP contribution in [-0.2, 0) is 20.9 Å². The number of hydrogen-bond acceptors (Lipinski definition) is 7. The van der Waals surface area contributed by atoms with Crippen molar-refractivity contribution < 1.29 is 14.3 Å². The summed E-state index contributed by atoms with van der Waals surface area (Å²) in [5, 5.41) is 7.65. The summed E-state index contributed by atoms with van der Waals surface area (Å²) in [7, 11) is 0. The van der Waals surface area contributed by atoms with E-state index in [0.717, 1.165) is 18.7 Å². The maximum atomic E-state index is 12.4. The third-order valence-corrected chi connectivity index (χ3v) is 4.54. The SMILES string of the molecule is CCC(=O)N1CC(=O)C2=C(C1)Cn1nc(N3CCOCC3)nc1N2. The van der Waals surface area contributed by atoms with Gasteiger partial charge in [0.2, 0.25) is 17.8 Å². The van der Waals surface area contributed by atoms with E-state index in [1.54, 1.807) is 16.5 Å². The van der Waals surface area contributed by atoms with Crippen LogP contribution in [0.1, 0.15) is 13.3 Å². The summed E-state index contributed by atoms with van der Waals surface area (Å²) in [5.41, 5.74) is 1.46. The highest BCUT2D eigenvalue weighted by Gasteiger charge is 2.33. The number of nitrogens with zero attached hydrogens (tertiary/aromatic N) is 5. The number of nitrogens with one attached hydrogen (secondary N) is 1. The van der Waals surface area contributed by atoms with Crippen LogP contribution < -0.4 is 10.2 Å². The summed E-state index contributed by atoms with van der Waals surface area (Å²) in [5.74, 6) is 1.15. The molecule has 0 aliphatic carbocycles. The molecule has 128 valence electrons. The predicted octanol–water partition coefficient (Wildman–Crippen LogP) is -0.384. The number of hydrogen-bond donors (Lipinski definition) is 1. The van der Waals surface area contributed by atoms with Crippen molar-refractivity contribution in [1.29, 1.82) is 0 Å². The highest BCUT2D eigenvalue weighted by atomic mass is 16.5. The zero-order chi connectivity index (χ0) is 16.7. The van der Waals surface area contributed by atoms with Gasteiger partial charge in [-0.05, 0) is 5.57 Å². The third kappa shape index (κ3) is 2.54.